The van der Waals surface area contributed by atoms with Gasteiger partial charge >= 0.3 is 0 Å². The lowest BCUT2D eigenvalue weighted by Crippen LogP contribution is -2.56. The molecule has 5 heteroatoms. The zero-order valence-corrected chi connectivity index (χ0v) is 13.8. The molecule has 2 aliphatic heterocycles. The van der Waals surface area contributed by atoms with Gasteiger partial charge in [-0.1, -0.05) is 24.3 Å². The van der Waals surface area contributed by atoms with E-state index in [9.17, 15) is 8.42 Å². The Labute approximate surface area is 133 Å². The van der Waals surface area contributed by atoms with Crippen molar-refractivity contribution >= 4 is 10.0 Å². The Hall–Kier alpha value is -1.17. The standard InChI is InChI=1S/C17H24N2O2S/c1-2-12-18-13-6-10-17(18)11-7-14-19(15-17)22(20,21)16-8-4-3-5-9-16/h2-5,8-9H,1,6-7,10-15H2/t17-/m0/s1. The number of benzene rings is 1. The van der Waals surface area contributed by atoms with Crippen molar-refractivity contribution < 1.29 is 8.42 Å². The molecule has 1 aromatic rings. The average molecular weight is 320 g/mol. The molecule has 0 unspecified atom stereocenters. The molecule has 2 aliphatic rings. The number of rotatable bonds is 4. The largest absolute Gasteiger partial charge is 0.293 e. The van der Waals surface area contributed by atoms with E-state index in [2.05, 4.69) is 11.5 Å². The van der Waals surface area contributed by atoms with E-state index in [1.807, 2.05) is 12.1 Å². The third-order valence-corrected chi connectivity index (χ3v) is 6.85. The molecule has 0 N–H and O–H groups in total. The Morgan fingerprint density at radius 3 is 2.50 bits per heavy atom. The topological polar surface area (TPSA) is 40.6 Å². The summed E-state index contributed by atoms with van der Waals surface area (Å²) >= 11 is 0. The molecular weight excluding hydrogens is 296 g/mol. The van der Waals surface area contributed by atoms with Gasteiger partial charge in [0.15, 0.2) is 0 Å². The van der Waals surface area contributed by atoms with Crippen LogP contribution >= 0.6 is 0 Å². The van der Waals surface area contributed by atoms with E-state index >= 15 is 0 Å². The Morgan fingerprint density at radius 2 is 1.82 bits per heavy atom. The second-order valence-electron chi connectivity index (χ2n) is 6.32. The van der Waals surface area contributed by atoms with Gasteiger partial charge in [-0.25, -0.2) is 8.42 Å². The highest BCUT2D eigenvalue weighted by atomic mass is 32.2. The van der Waals surface area contributed by atoms with Gasteiger partial charge < -0.3 is 0 Å². The van der Waals surface area contributed by atoms with E-state index in [-0.39, 0.29) is 5.54 Å². The molecule has 0 saturated carbocycles. The molecule has 0 aliphatic carbocycles. The lowest BCUT2D eigenvalue weighted by atomic mass is 9.87. The number of likely N-dealkylation sites (tertiary alicyclic amines) is 1. The fraction of sp³-hybridized carbons (Fsp3) is 0.529. The van der Waals surface area contributed by atoms with Crippen molar-refractivity contribution in [3.05, 3.63) is 43.0 Å². The zero-order chi connectivity index (χ0) is 15.6. The smallest absolute Gasteiger partial charge is 0.243 e. The fourth-order valence-corrected chi connectivity index (χ4v) is 5.49. The summed E-state index contributed by atoms with van der Waals surface area (Å²) < 4.78 is 27.4. The van der Waals surface area contributed by atoms with Crippen LogP contribution in [0, 0.1) is 0 Å². The first kappa shape index (κ1) is 15.7. The highest BCUT2D eigenvalue weighted by Crippen LogP contribution is 2.38. The summed E-state index contributed by atoms with van der Waals surface area (Å²) in [6.45, 7) is 6.97. The van der Waals surface area contributed by atoms with Crippen LogP contribution in [-0.4, -0.2) is 49.3 Å². The minimum Gasteiger partial charge on any atom is -0.293 e. The lowest BCUT2D eigenvalue weighted by molar-refractivity contribution is 0.0841. The molecule has 2 saturated heterocycles. The van der Waals surface area contributed by atoms with Crippen LogP contribution in [-0.2, 0) is 10.0 Å². The molecule has 0 bridgehead atoms. The van der Waals surface area contributed by atoms with Gasteiger partial charge in [0.2, 0.25) is 10.0 Å². The third-order valence-electron chi connectivity index (χ3n) is 4.99. The van der Waals surface area contributed by atoms with Crippen LogP contribution in [0.3, 0.4) is 0 Å². The van der Waals surface area contributed by atoms with Gasteiger partial charge in [-0.3, -0.25) is 4.90 Å². The second kappa shape index (κ2) is 6.14. The van der Waals surface area contributed by atoms with Crippen molar-refractivity contribution in [3.63, 3.8) is 0 Å². The highest BCUT2D eigenvalue weighted by Gasteiger charge is 2.45. The average Bonchev–Trinajstić information content (AvgIpc) is 2.91. The van der Waals surface area contributed by atoms with Crippen LogP contribution in [0.4, 0.5) is 0 Å². The molecule has 2 fully saturated rings. The molecule has 1 aromatic carbocycles. The van der Waals surface area contributed by atoms with Gasteiger partial charge in [0, 0.05) is 25.2 Å². The number of hydrogen-bond donors (Lipinski definition) is 0. The SMILES string of the molecule is C=CCN1CCC[C@@]12CCCN(S(=O)(=O)c1ccccc1)C2. The molecule has 120 valence electrons. The van der Waals surface area contributed by atoms with Crippen LogP contribution in [0.15, 0.2) is 47.9 Å². The molecule has 0 aromatic heterocycles. The first-order chi connectivity index (χ1) is 10.6. The summed E-state index contributed by atoms with van der Waals surface area (Å²) in [5, 5.41) is 0. The number of piperidine rings is 1. The molecule has 0 amide bonds. The van der Waals surface area contributed by atoms with Crippen LogP contribution in [0.1, 0.15) is 25.7 Å². The lowest BCUT2D eigenvalue weighted by Gasteiger charge is -2.45. The van der Waals surface area contributed by atoms with E-state index in [1.165, 1.54) is 0 Å². The molecular formula is C17H24N2O2S. The molecule has 22 heavy (non-hydrogen) atoms. The van der Waals surface area contributed by atoms with Gasteiger partial charge in [0.05, 0.1) is 4.90 Å². The summed E-state index contributed by atoms with van der Waals surface area (Å²) in [4.78, 5) is 2.83. The molecule has 1 atom stereocenters. The summed E-state index contributed by atoms with van der Waals surface area (Å²) in [5.74, 6) is 0. The maximum atomic E-state index is 12.9. The van der Waals surface area contributed by atoms with Gasteiger partial charge in [-0.15, -0.1) is 6.58 Å². The van der Waals surface area contributed by atoms with Gasteiger partial charge in [-0.2, -0.15) is 4.31 Å². The van der Waals surface area contributed by atoms with Crippen LogP contribution in [0.25, 0.3) is 0 Å². The summed E-state index contributed by atoms with van der Waals surface area (Å²) in [6, 6.07) is 8.79. The first-order valence-electron chi connectivity index (χ1n) is 8.00. The summed E-state index contributed by atoms with van der Waals surface area (Å²) in [7, 11) is -3.38. The van der Waals surface area contributed by atoms with Crippen molar-refractivity contribution in [3.8, 4) is 0 Å². The minimum atomic E-state index is -3.38. The number of sulfonamides is 1. The Bertz CT molecular complexity index is 629. The van der Waals surface area contributed by atoms with Crippen LogP contribution in [0.5, 0.6) is 0 Å². The van der Waals surface area contributed by atoms with Crippen molar-refractivity contribution in [1.82, 2.24) is 9.21 Å². The summed E-state index contributed by atoms with van der Waals surface area (Å²) in [6.07, 6.45) is 6.17. The van der Waals surface area contributed by atoms with Crippen LogP contribution in [0.2, 0.25) is 0 Å². The van der Waals surface area contributed by atoms with Crippen molar-refractivity contribution in [1.29, 1.82) is 0 Å². The van der Waals surface area contributed by atoms with Crippen molar-refractivity contribution in [2.75, 3.05) is 26.2 Å². The Morgan fingerprint density at radius 1 is 1.14 bits per heavy atom. The highest BCUT2D eigenvalue weighted by molar-refractivity contribution is 7.89. The van der Waals surface area contributed by atoms with Crippen LogP contribution < -0.4 is 0 Å². The van der Waals surface area contributed by atoms with E-state index in [1.54, 1.807) is 28.6 Å². The number of hydrogen-bond acceptors (Lipinski definition) is 3. The fourth-order valence-electron chi connectivity index (χ4n) is 3.91. The Balaban J connectivity index is 1.86. The van der Waals surface area contributed by atoms with Crippen molar-refractivity contribution in [2.45, 2.75) is 36.1 Å². The van der Waals surface area contributed by atoms with Gasteiger partial charge in [-0.05, 0) is 44.4 Å². The maximum absolute atomic E-state index is 12.9. The molecule has 3 rings (SSSR count). The Kier molecular flexibility index (Phi) is 4.39. The minimum absolute atomic E-state index is 0.00822. The van der Waals surface area contributed by atoms with E-state index in [4.69, 9.17) is 0 Å². The first-order valence-corrected chi connectivity index (χ1v) is 9.44. The summed E-state index contributed by atoms with van der Waals surface area (Å²) in [5.41, 5.74) is 0.00822. The normalized spacial score (nSPS) is 27.3. The van der Waals surface area contributed by atoms with Gasteiger partial charge in [0.1, 0.15) is 0 Å². The quantitative estimate of drug-likeness (QED) is 0.800. The molecule has 4 nitrogen and oxygen atoms in total. The molecule has 0 radical (unpaired) electrons. The molecule has 1 spiro atoms. The number of nitrogens with zero attached hydrogens (tertiary/aromatic N) is 2. The van der Waals surface area contributed by atoms with E-state index < -0.39 is 10.0 Å². The molecule has 2 heterocycles. The van der Waals surface area contributed by atoms with E-state index in [0.717, 1.165) is 38.8 Å². The zero-order valence-electron chi connectivity index (χ0n) is 12.9. The van der Waals surface area contributed by atoms with Gasteiger partial charge in [0.25, 0.3) is 0 Å². The van der Waals surface area contributed by atoms with Crippen molar-refractivity contribution in [2.24, 2.45) is 0 Å². The third kappa shape index (κ3) is 2.73. The second-order valence-corrected chi connectivity index (χ2v) is 8.26. The monoisotopic (exact) mass is 320 g/mol. The maximum Gasteiger partial charge on any atom is 0.243 e. The predicted octanol–water partition coefficient (Wildman–Crippen LogP) is 2.49. The van der Waals surface area contributed by atoms with E-state index in [0.29, 0.717) is 18.0 Å². The predicted molar refractivity (Wildman–Crippen MR) is 88.2 cm³/mol.